The van der Waals surface area contributed by atoms with Crippen LogP contribution in [0.2, 0.25) is 0 Å². The van der Waals surface area contributed by atoms with Gasteiger partial charge in [0.2, 0.25) is 0 Å². The first-order valence-electron chi connectivity index (χ1n) is 29.3. The van der Waals surface area contributed by atoms with E-state index in [2.05, 4.69) is 97.5 Å². The van der Waals surface area contributed by atoms with Crippen molar-refractivity contribution >= 4 is 44.6 Å². The number of aromatic nitrogens is 2. The SMILES string of the molecule is [2H]C([2H])([2H])c1cc(-n2c3[c-]c(Oc4[c-]c(N5[CH-]N(c6cc(C(C)(C)C)cc(C(C)(C)C)c6)c6ccc(-c7c(C([2H])([2H])[2H])cc(C(C)(C)C)cc7C([2H])([2H])[2H])cc65)ccc4)ccc3c3ccccc32)ncc1-c1ccc(C(C)(C)C)cc1.[Pt]. The summed E-state index contributed by atoms with van der Waals surface area (Å²) in [7, 11) is 0. The van der Waals surface area contributed by atoms with Gasteiger partial charge < -0.3 is 19.1 Å². The van der Waals surface area contributed by atoms with Crippen molar-refractivity contribution < 1.29 is 38.1 Å². The fourth-order valence-corrected chi connectivity index (χ4v) is 9.59. The van der Waals surface area contributed by atoms with Crippen molar-refractivity contribution in [3.8, 4) is 39.6 Å². The van der Waals surface area contributed by atoms with Crippen LogP contribution in [0.15, 0.2) is 140 Å². The Morgan fingerprint density at radius 3 is 1.78 bits per heavy atom. The molecule has 3 heterocycles. The monoisotopic (exact) mass is 1150 g/mol. The second kappa shape index (κ2) is 18.8. The van der Waals surface area contributed by atoms with E-state index >= 15 is 0 Å². The minimum absolute atomic E-state index is 0. The average Bonchev–Trinajstić information content (AvgIpc) is 4.12. The van der Waals surface area contributed by atoms with Gasteiger partial charge in [-0.25, -0.2) is 4.98 Å². The van der Waals surface area contributed by atoms with E-state index in [0.29, 0.717) is 50.9 Å². The van der Waals surface area contributed by atoms with Crippen LogP contribution in [-0.4, -0.2) is 9.55 Å². The fourth-order valence-electron chi connectivity index (χ4n) is 9.59. The van der Waals surface area contributed by atoms with Gasteiger partial charge in [-0.2, -0.15) is 12.1 Å². The molecule has 1 aliphatic rings. The van der Waals surface area contributed by atoms with Crippen molar-refractivity contribution in [2.45, 2.75) is 125 Å². The molecule has 0 radical (unpaired) electrons. The maximum absolute atomic E-state index is 8.79. The number of aryl methyl sites for hydroxylation is 3. The van der Waals surface area contributed by atoms with Crippen molar-refractivity contribution in [2.75, 3.05) is 9.80 Å². The zero-order valence-corrected chi connectivity index (χ0v) is 46.1. The van der Waals surface area contributed by atoms with E-state index in [4.69, 9.17) is 22.1 Å². The number of benzene rings is 7. The molecule has 7 aromatic carbocycles. The molecule has 0 atom stereocenters. The zero-order valence-electron chi connectivity index (χ0n) is 52.9. The standard InChI is InChI=1S/C67H69N4O.Pt/c1-42-33-62(68-40-57(42)45-23-26-47(27-24-45)64(4,5)6)71-58-22-17-16-21-55(58)56-29-28-54(39-60(56)71)72-53-20-18-19-51(38-53)69-41-70(52-36-49(66(10,11)12)35-50(37-52)67(13,14)15)59-30-25-46(34-61(59)69)63-43(2)31-48(32-44(63)3)65(7,8)9;/h16-37,40-41H,1-15H3;/q-3;/i1D3,2D3,3D3;. The first-order chi connectivity index (χ1) is 37.6. The predicted molar refractivity (Wildman–Crippen MR) is 304 cm³/mol. The maximum Gasteiger partial charge on any atom is 0.135 e. The zero-order chi connectivity index (χ0) is 58.7. The quantitative estimate of drug-likeness (QED) is 0.149. The summed E-state index contributed by atoms with van der Waals surface area (Å²) in [5.41, 5.74) is 9.53. The molecule has 5 nitrogen and oxygen atoms in total. The third-order valence-corrected chi connectivity index (χ3v) is 13.9. The molecule has 0 aliphatic carbocycles. The van der Waals surface area contributed by atoms with E-state index in [1.807, 2.05) is 134 Å². The van der Waals surface area contributed by atoms with Gasteiger partial charge in [0, 0.05) is 79.2 Å². The molecule has 0 spiro atoms. The number of pyridine rings is 1. The van der Waals surface area contributed by atoms with Crippen LogP contribution in [0.5, 0.6) is 11.5 Å². The van der Waals surface area contributed by atoms with E-state index in [9.17, 15) is 0 Å². The molecule has 0 saturated carbocycles. The van der Waals surface area contributed by atoms with E-state index in [-0.39, 0.29) is 59.6 Å². The summed E-state index contributed by atoms with van der Waals surface area (Å²) in [6.45, 7) is 19.7. The summed E-state index contributed by atoms with van der Waals surface area (Å²) in [5, 5.41) is 1.80. The topological polar surface area (TPSA) is 33.5 Å². The molecule has 10 rings (SSSR count). The average molecular weight is 1150 g/mol. The number of hydrogen-bond donors (Lipinski definition) is 0. The third kappa shape index (κ3) is 9.91. The first kappa shape index (κ1) is 41.0. The molecular formula is C67H69N4OPt-3. The molecule has 0 bridgehead atoms. The van der Waals surface area contributed by atoms with Crippen LogP contribution in [0.4, 0.5) is 22.7 Å². The summed E-state index contributed by atoms with van der Waals surface area (Å²) in [6.07, 6.45) is 1.65. The van der Waals surface area contributed by atoms with Gasteiger partial charge in [0.25, 0.3) is 0 Å². The van der Waals surface area contributed by atoms with Crippen molar-refractivity contribution in [3.05, 3.63) is 197 Å². The normalized spacial score (nSPS) is 15.5. The van der Waals surface area contributed by atoms with Crippen LogP contribution in [0, 0.1) is 39.4 Å². The Morgan fingerprint density at radius 1 is 0.521 bits per heavy atom. The van der Waals surface area contributed by atoms with Crippen molar-refractivity contribution in [3.63, 3.8) is 0 Å². The molecule has 0 amide bonds. The Balaban J connectivity index is 0.00000810. The Hall–Kier alpha value is -6.42. The molecule has 0 unspecified atom stereocenters. The van der Waals surface area contributed by atoms with Gasteiger partial charge in [-0.3, -0.25) is 0 Å². The first-order valence-corrected chi connectivity index (χ1v) is 24.8. The van der Waals surface area contributed by atoms with Crippen LogP contribution in [0.25, 0.3) is 49.9 Å². The summed E-state index contributed by atoms with van der Waals surface area (Å²) in [4.78, 5) is 9.03. The number of anilines is 4. The molecule has 0 fully saturated rings. The largest absolute Gasteiger partial charge is 0.509 e. The minimum Gasteiger partial charge on any atom is -0.509 e. The molecule has 376 valence electrons. The molecule has 9 aromatic rings. The van der Waals surface area contributed by atoms with Gasteiger partial charge >= 0.3 is 0 Å². The van der Waals surface area contributed by atoms with Gasteiger partial charge in [-0.1, -0.05) is 155 Å². The van der Waals surface area contributed by atoms with E-state index in [1.165, 1.54) is 0 Å². The van der Waals surface area contributed by atoms with Gasteiger partial charge in [0.1, 0.15) is 5.82 Å². The number of ether oxygens (including phenoxy) is 1. The van der Waals surface area contributed by atoms with Crippen LogP contribution < -0.4 is 14.5 Å². The molecule has 0 N–H and O–H groups in total. The van der Waals surface area contributed by atoms with Crippen molar-refractivity contribution in [1.29, 1.82) is 0 Å². The number of rotatable bonds is 7. The Kier molecular flexibility index (Phi) is 10.6. The summed E-state index contributed by atoms with van der Waals surface area (Å²) in [6, 6.07) is 49.6. The number of para-hydroxylation sites is 1. The second-order valence-corrected chi connectivity index (χ2v) is 23.4. The molecule has 1 aliphatic heterocycles. The minimum atomic E-state index is -2.64. The van der Waals surface area contributed by atoms with E-state index < -0.39 is 26.0 Å². The maximum atomic E-state index is 8.79. The third-order valence-electron chi connectivity index (χ3n) is 13.9. The summed E-state index contributed by atoms with van der Waals surface area (Å²) < 4.78 is 87.4. The van der Waals surface area contributed by atoms with E-state index in [0.717, 1.165) is 49.9 Å². The summed E-state index contributed by atoms with van der Waals surface area (Å²) in [5.74, 6) is 1.17. The number of nitrogens with zero attached hydrogens (tertiary/aromatic N) is 4. The Bertz CT molecular complexity index is 3840. The van der Waals surface area contributed by atoms with Crippen molar-refractivity contribution in [2.24, 2.45) is 0 Å². The fraction of sp³-hybridized carbons (Fsp3) is 0.284. The van der Waals surface area contributed by atoms with Crippen LogP contribution in [-0.2, 0) is 42.7 Å². The van der Waals surface area contributed by atoms with Crippen molar-refractivity contribution in [1.82, 2.24) is 9.55 Å². The van der Waals surface area contributed by atoms with Gasteiger partial charge in [0.15, 0.2) is 0 Å². The van der Waals surface area contributed by atoms with Gasteiger partial charge in [-0.15, -0.1) is 48.1 Å². The molecule has 2 aromatic heterocycles. The number of hydrogen-bond acceptors (Lipinski definition) is 4. The van der Waals surface area contributed by atoms with Crippen LogP contribution in [0.3, 0.4) is 0 Å². The van der Waals surface area contributed by atoms with Gasteiger partial charge in [-0.05, 0) is 140 Å². The number of fused-ring (bicyclic) bond motifs is 4. The molecule has 73 heavy (non-hydrogen) atoms. The van der Waals surface area contributed by atoms with Gasteiger partial charge in [0.05, 0.1) is 0 Å². The van der Waals surface area contributed by atoms with E-state index in [1.54, 1.807) is 24.4 Å². The molecular weight excluding hydrogens is 1070 g/mol. The second-order valence-electron chi connectivity index (χ2n) is 23.4. The smallest absolute Gasteiger partial charge is 0.135 e. The van der Waals surface area contributed by atoms with Crippen LogP contribution >= 0.6 is 0 Å². The summed E-state index contributed by atoms with van der Waals surface area (Å²) >= 11 is 0. The molecule has 6 heteroatoms. The Labute approximate surface area is 462 Å². The van der Waals surface area contributed by atoms with Crippen LogP contribution in [0.1, 0.15) is 134 Å². The Morgan fingerprint density at radius 2 is 1.14 bits per heavy atom. The molecule has 0 saturated heterocycles. The predicted octanol–water partition coefficient (Wildman–Crippen LogP) is 18.4.